The van der Waals surface area contributed by atoms with Crippen LogP contribution in [-0.4, -0.2) is 32.3 Å². The van der Waals surface area contributed by atoms with Crippen LogP contribution in [0, 0.1) is 0 Å². The van der Waals surface area contributed by atoms with E-state index in [9.17, 15) is 4.79 Å². The Morgan fingerprint density at radius 1 is 1.19 bits per heavy atom. The van der Waals surface area contributed by atoms with Gasteiger partial charge in [0.15, 0.2) is 0 Å². The molecule has 1 N–H and O–H groups in total. The number of carboxylic acids is 1. The number of benzene rings is 2. The second kappa shape index (κ2) is 9.36. The topological polar surface area (TPSA) is 98.3 Å². The molecule has 2 heterocycles. The highest BCUT2D eigenvalue weighted by molar-refractivity contribution is 6.32. The molecule has 0 saturated heterocycles. The normalized spacial score (nSPS) is 11.2. The first-order valence-electron chi connectivity index (χ1n) is 10.3. The van der Waals surface area contributed by atoms with Gasteiger partial charge in [0.2, 0.25) is 5.82 Å². The number of ether oxygens (including phenoxy) is 1. The highest BCUT2D eigenvalue weighted by atomic mass is 35.5. The number of fused-ring (bicyclic) bond motifs is 1. The highest BCUT2D eigenvalue weighted by Gasteiger charge is 2.16. The van der Waals surface area contributed by atoms with E-state index >= 15 is 0 Å². The number of pyridine rings is 1. The predicted octanol–water partition coefficient (Wildman–Crippen LogP) is 5.80. The summed E-state index contributed by atoms with van der Waals surface area (Å²) in [6, 6.07) is 13.1. The van der Waals surface area contributed by atoms with Crippen molar-refractivity contribution in [3.8, 4) is 28.6 Å². The minimum Gasteiger partial charge on any atom is -0.489 e. The molecule has 0 bridgehead atoms. The fourth-order valence-electron chi connectivity index (χ4n) is 3.50. The zero-order chi connectivity index (χ0) is 22.7. The molecule has 2 aromatic carbocycles. The molecule has 0 radical (unpaired) electrons. The molecule has 4 rings (SSSR count). The third-order valence-corrected chi connectivity index (χ3v) is 5.20. The molecule has 0 unspecified atom stereocenters. The molecule has 0 aliphatic heterocycles. The van der Waals surface area contributed by atoms with E-state index in [1.54, 1.807) is 18.3 Å². The van der Waals surface area contributed by atoms with Crippen LogP contribution in [0.3, 0.4) is 0 Å². The van der Waals surface area contributed by atoms with Crippen LogP contribution in [-0.2, 0) is 11.2 Å². The lowest BCUT2D eigenvalue weighted by Crippen LogP contribution is -2.05. The van der Waals surface area contributed by atoms with E-state index in [0.29, 0.717) is 40.9 Å². The number of hydrogen-bond donors (Lipinski definition) is 1. The summed E-state index contributed by atoms with van der Waals surface area (Å²) in [6.07, 6.45) is 2.94. The molecular weight excluding hydrogens is 430 g/mol. The van der Waals surface area contributed by atoms with E-state index in [-0.39, 0.29) is 12.5 Å². The van der Waals surface area contributed by atoms with E-state index in [0.717, 1.165) is 22.0 Å². The molecule has 7 nitrogen and oxygen atoms in total. The van der Waals surface area contributed by atoms with Crippen molar-refractivity contribution in [1.82, 2.24) is 15.1 Å². The lowest BCUT2D eigenvalue weighted by molar-refractivity contribution is -0.137. The summed E-state index contributed by atoms with van der Waals surface area (Å²) in [5, 5.41) is 15.4. The molecule has 32 heavy (non-hydrogen) atoms. The second-order valence-corrected chi connectivity index (χ2v) is 8.05. The summed E-state index contributed by atoms with van der Waals surface area (Å²) in [4.78, 5) is 19.9. The van der Waals surface area contributed by atoms with Crippen molar-refractivity contribution in [2.75, 3.05) is 0 Å². The molecule has 8 heteroatoms. The number of carboxylic acid groups (broad SMARTS) is 1. The summed E-state index contributed by atoms with van der Waals surface area (Å²) in [5.74, 6) is 0.592. The Hall–Kier alpha value is -3.45. The van der Waals surface area contributed by atoms with Crippen LogP contribution in [0.25, 0.3) is 33.6 Å². The largest absolute Gasteiger partial charge is 0.489 e. The summed E-state index contributed by atoms with van der Waals surface area (Å²) in [7, 11) is 0. The number of carbonyl (C=O) groups is 1. The Kier molecular flexibility index (Phi) is 6.37. The van der Waals surface area contributed by atoms with E-state index in [4.69, 9.17) is 26.0 Å². The van der Waals surface area contributed by atoms with E-state index in [2.05, 4.69) is 15.1 Å². The summed E-state index contributed by atoms with van der Waals surface area (Å²) < 4.78 is 11.2. The minimum atomic E-state index is -0.811. The van der Waals surface area contributed by atoms with Crippen LogP contribution in [0.15, 0.2) is 53.2 Å². The fraction of sp³-hybridized carbons (Fsp3) is 0.250. The summed E-state index contributed by atoms with van der Waals surface area (Å²) >= 11 is 6.35. The van der Waals surface area contributed by atoms with Crippen molar-refractivity contribution in [3.05, 3.63) is 59.4 Å². The molecule has 164 valence electrons. The Labute approximate surface area is 190 Å². The summed E-state index contributed by atoms with van der Waals surface area (Å²) in [5.41, 5.74) is 2.35. The van der Waals surface area contributed by atoms with Crippen molar-refractivity contribution in [2.45, 2.75) is 39.2 Å². The van der Waals surface area contributed by atoms with Crippen molar-refractivity contribution in [1.29, 1.82) is 0 Å². The highest BCUT2D eigenvalue weighted by Crippen LogP contribution is 2.33. The van der Waals surface area contributed by atoms with Crippen LogP contribution in [0.1, 0.15) is 32.4 Å². The molecule has 0 amide bonds. The smallest absolute Gasteiger partial charge is 0.303 e. The van der Waals surface area contributed by atoms with Crippen LogP contribution >= 0.6 is 11.6 Å². The van der Waals surface area contributed by atoms with Crippen molar-refractivity contribution in [3.63, 3.8) is 0 Å². The van der Waals surface area contributed by atoms with Gasteiger partial charge in [-0.2, -0.15) is 4.98 Å². The number of halogens is 1. The first-order valence-corrected chi connectivity index (χ1v) is 10.7. The molecular formula is C24H22ClN3O4. The summed E-state index contributed by atoms with van der Waals surface area (Å²) in [6.45, 7) is 3.87. The Bertz CT molecular complexity index is 1270. The van der Waals surface area contributed by atoms with Crippen molar-refractivity contribution >= 4 is 28.3 Å². The molecule has 0 saturated carbocycles. The second-order valence-electron chi connectivity index (χ2n) is 7.64. The SMILES string of the molecule is CC(C)Oc1ccc(-c2nc(-c3cccc4c(CCCC(=O)O)nccc34)no2)cc1Cl. The average Bonchev–Trinajstić information content (AvgIpc) is 3.24. The van der Waals surface area contributed by atoms with Crippen LogP contribution in [0.2, 0.25) is 5.02 Å². The molecule has 0 aliphatic rings. The van der Waals surface area contributed by atoms with Crippen LogP contribution < -0.4 is 4.74 Å². The number of rotatable bonds is 8. The maximum Gasteiger partial charge on any atom is 0.303 e. The van der Waals surface area contributed by atoms with Gasteiger partial charge in [-0.25, -0.2) is 0 Å². The third kappa shape index (κ3) is 4.73. The standard InChI is InChI=1S/C24H22ClN3O4/c1-14(2)31-21-10-9-15(13-19(21)25)24-27-23(28-32-24)18-6-3-5-17-16(18)11-12-26-20(17)7-4-8-22(29)30/h3,5-6,9-14H,4,7-8H2,1-2H3,(H,29,30). The molecule has 0 aliphatic carbocycles. The third-order valence-electron chi connectivity index (χ3n) is 4.90. The van der Waals surface area contributed by atoms with Gasteiger partial charge in [-0.3, -0.25) is 9.78 Å². The van der Waals surface area contributed by atoms with E-state index < -0.39 is 5.97 Å². The molecule has 0 atom stereocenters. The lowest BCUT2D eigenvalue weighted by atomic mass is 10.0. The van der Waals surface area contributed by atoms with Gasteiger partial charge < -0.3 is 14.4 Å². The zero-order valence-corrected chi connectivity index (χ0v) is 18.5. The van der Waals surface area contributed by atoms with Crippen molar-refractivity contribution in [2.24, 2.45) is 0 Å². The number of aryl methyl sites for hydroxylation is 1. The molecule has 2 aromatic heterocycles. The van der Waals surface area contributed by atoms with Crippen LogP contribution in [0.4, 0.5) is 0 Å². The Morgan fingerprint density at radius 3 is 2.78 bits per heavy atom. The van der Waals surface area contributed by atoms with E-state index in [1.165, 1.54) is 0 Å². The zero-order valence-electron chi connectivity index (χ0n) is 17.7. The van der Waals surface area contributed by atoms with Gasteiger partial charge in [0.1, 0.15) is 5.75 Å². The first-order chi connectivity index (χ1) is 15.4. The van der Waals surface area contributed by atoms with Gasteiger partial charge in [-0.15, -0.1) is 0 Å². The van der Waals surface area contributed by atoms with Crippen molar-refractivity contribution < 1.29 is 19.2 Å². The number of nitrogens with zero attached hydrogens (tertiary/aromatic N) is 3. The minimum absolute atomic E-state index is 0.0169. The van der Waals surface area contributed by atoms with Gasteiger partial charge >= 0.3 is 5.97 Å². The number of aromatic nitrogens is 3. The lowest BCUT2D eigenvalue weighted by Gasteiger charge is -2.11. The average molecular weight is 452 g/mol. The number of aliphatic carboxylic acids is 1. The first kappa shape index (κ1) is 21.8. The van der Waals surface area contributed by atoms with Gasteiger partial charge in [0.25, 0.3) is 5.89 Å². The molecule has 0 spiro atoms. The fourth-order valence-corrected chi connectivity index (χ4v) is 3.73. The van der Waals surface area contributed by atoms with Gasteiger partial charge in [-0.1, -0.05) is 35.0 Å². The monoisotopic (exact) mass is 451 g/mol. The van der Waals surface area contributed by atoms with Crippen LogP contribution in [0.5, 0.6) is 5.75 Å². The number of hydrogen-bond acceptors (Lipinski definition) is 6. The van der Waals surface area contributed by atoms with Gasteiger partial charge in [-0.05, 0) is 56.3 Å². The molecule has 4 aromatic rings. The predicted molar refractivity (Wildman–Crippen MR) is 122 cm³/mol. The van der Waals surface area contributed by atoms with E-state index in [1.807, 2.05) is 44.2 Å². The Morgan fingerprint density at radius 2 is 2.03 bits per heavy atom. The molecule has 0 fully saturated rings. The van der Waals surface area contributed by atoms with Gasteiger partial charge in [0, 0.05) is 34.8 Å². The maximum atomic E-state index is 10.8. The Balaban J connectivity index is 1.65. The van der Waals surface area contributed by atoms with Gasteiger partial charge in [0.05, 0.1) is 11.1 Å². The maximum absolute atomic E-state index is 10.8. The quantitative estimate of drug-likeness (QED) is 0.361.